The number of nitrogens with two attached hydrogens (primary N) is 1. The largest absolute Gasteiger partial charge is 0.477 e. The lowest BCUT2D eigenvalue weighted by molar-refractivity contribution is -0.128. The number of amides is 2. The number of ether oxygens (including phenoxy) is 2. The molecule has 0 atom stereocenters. The van der Waals surface area contributed by atoms with Crippen molar-refractivity contribution in [2.75, 3.05) is 24.6 Å². The molecule has 222 valence electrons. The Hall–Kier alpha value is -3.38. The van der Waals surface area contributed by atoms with E-state index in [-0.39, 0.29) is 11.6 Å². The van der Waals surface area contributed by atoms with Crippen molar-refractivity contribution in [1.29, 1.82) is 0 Å². The van der Waals surface area contributed by atoms with Crippen molar-refractivity contribution in [2.45, 2.75) is 86.9 Å². The number of pyridine rings is 1. The van der Waals surface area contributed by atoms with Gasteiger partial charge in [-0.15, -0.1) is 0 Å². The van der Waals surface area contributed by atoms with E-state index in [9.17, 15) is 23.1 Å². The molecule has 0 radical (unpaired) electrons. The Morgan fingerprint density at radius 2 is 1.80 bits per heavy atom. The molecule has 0 spiro atoms. The first-order chi connectivity index (χ1) is 19.5. The summed E-state index contributed by atoms with van der Waals surface area (Å²) >= 11 is 0. The van der Waals surface area contributed by atoms with Crippen LogP contribution in [0.3, 0.4) is 0 Å². The summed E-state index contributed by atoms with van der Waals surface area (Å²) in [6, 6.07) is 10.6. The SMILES string of the molecule is Cc1ccc(C2CCCCC2)c(OC2(C(=O)NS(=O)(=O)c3cccc(N4CCC(CO)(OC(N)=O)CC4)n3)CC2)c1. The van der Waals surface area contributed by atoms with Gasteiger partial charge in [0.1, 0.15) is 17.2 Å². The number of carbonyl (C=O) groups excluding carboxylic acids is 2. The molecule has 5 rings (SSSR count). The minimum Gasteiger partial charge on any atom is -0.477 e. The Morgan fingerprint density at radius 3 is 2.44 bits per heavy atom. The smallest absolute Gasteiger partial charge is 0.405 e. The molecule has 1 aromatic heterocycles. The molecule has 12 heteroatoms. The Labute approximate surface area is 240 Å². The lowest BCUT2D eigenvalue weighted by atomic mass is 9.83. The van der Waals surface area contributed by atoms with Crippen LogP contribution in [-0.4, -0.2) is 61.4 Å². The lowest BCUT2D eigenvalue weighted by Crippen LogP contribution is -2.50. The number of hydrogen-bond donors (Lipinski definition) is 3. The molecule has 2 aliphatic carbocycles. The summed E-state index contributed by atoms with van der Waals surface area (Å²) in [4.78, 5) is 30.7. The molecule has 4 N–H and O–H groups in total. The highest BCUT2D eigenvalue weighted by Gasteiger charge is 2.54. The van der Waals surface area contributed by atoms with Gasteiger partial charge < -0.3 is 25.2 Å². The van der Waals surface area contributed by atoms with Gasteiger partial charge in [-0.1, -0.05) is 37.5 Å². The van der Waals surface area contributed by atoms with E-state index in [0.717, 1.165) is 36.8 Å². The maximum absolute atomic E-state index is 13.3. The summed E-state index contributed by atoms with van der Waals surface area (Å²) in [5.74, 6) is 0.718. The van der Waals surface area contributed by atoms with E-state index in [1.165, 1.54) is 12.5 Å². The first kappa shape index (κ1) is 29.1. The second-order valence-electron chi connectivity index (χ2n) is 11.5. The van der Waals surface area contributed by atoms with Crippen molar-refractivity contribution in [1.82, 2.24) is 9.71 Å². The fourth-order valence-corrected chi connectivity index (χ4v) is 6.83. The van der Waals surface area contributed by atoms with Gasteiger partial charge in [-0.3, -0.25) is 4.79 Å². The zero-order valence-electron chi connectivity index (χ0n) is 23.3. The Balaban J connectivity index is 1.28. The normalized spacial score (nSPS) is 20.2. The highest BCUT2D eigenvalue weighted by molar-refractivity contribution is 7.90. The highest BCUT2D eigenvalue weighted by atomic mass is 32.2. The number of anilines is 1. The third-order valence-corrected chi connectivity index (χ3v) is 9.68. The summed E-state index contributed by atoms with van der Waals surface area (Å²) in [6.45, 7) is 2.31. The van der Waals surface area contributed by atoms with E-state index >= 15 is 0 Å². The zero-order valence-corrected chi connectivity index (χ0v) is 24.1. The van der Waals surface area contributed by atoms with Gasteiger partial charge in [0.15, 0.2) is 10.6 Å². The fourth-order valence-electron chi connectivity index (χ4n) is 5.83. The summed E-state index contributed by atoms with van der Waals surface area (Å²) in [7, 11) is -4.28. The second-order valence-corrected chi connectivity index (χ2v) is 13.1. The maximum atomic E-state index is 13.3. The van der Waals surface area contributed by atoms with Crippen molar-refractivity contribution in [3.05, 3.63) is 47.5 Å². The zero-order chi connectivity index (χ0) is 29.3. The highest BCUT2D eigenvalue weighted by Crippen LogP contribution is 2.45. The van der Waals surface area contributed by atoms with E-state index in [2.05, 4.69) is 21.8 Å². The van der Waals surface area contributed by atoms with Gasteiger partial charge in [-0.25, -0.2) is 14.5 Å². The lowest BCUT2D eigenvalue weighted by Gasteiger charge is -2.40. The standard InChI is InChI=1S/C29H38N4O7S/c1-20-10-11-22(21-6-3-2-4-7-21)23(18-20)39-29(12-13-29)26(35)32-41(37,38)25-9-5-8-24(31-25)33-16-14-28(19-34,15-17-33)40-27(30)36/h5,8-11,18,21,34H,2-4,6-7,12-17,19H2,1H3,(H2,30,36)(H,32,35). The number of aryl methyl sites for hydroxylation is 1. The van der Waals surface area contributed by atoms with Crippen LogP contribution in [-0.2, 0) is 19.6 Å². The molecule has 2 heterocycles. The van der Waals surface area contributed by atoms with Crippen LogP contribution in [0.1, 0.15) is 74.8 Å². The van der Waals surface area contributed by atoms with E-state index in [1.807, 2.05) is 17.9 Å². The quantitative estimate of drug-likeness (QED) is 0.400. The molecule has 3 aliphatic rings. The average molecular weight is 587 g/mol. The second kappa shape index (κ2) is 11.5. The monoisotopic (exact) mass is 586 g/mol. The Morgan fingerprint density at radius 1 is 1.10 bits per heavy atom. The van der Waals surface area contributed by atoms with E-state index in [1.54, 1.807) is 12.1 Å². The fraction of sp³-hybridized carbons (Fsp3) is 0.552. The molecule has 2 amide bonds. The molecule has 41 heavy (non-hydrogen) atoms. The number of sulfonamides is 1. The first-order valence-corrected chi connectivity index (χ1v) is 15.7. The van der Waals surface area contributed by atoms with Crippen LogP contribution in [0.4, 0.5) is 10.6 Å². The number of benzene rings is 1. The molecule has 1 saturated heterocycles. The number of piperidine rings is 1. The van der Waals surface area contributed by atoms with Crippen LogP contribution in [0.2, 0.25) is 0 Å². The number of aliphatic hydroxyl groups is 1. The summed E-state index contributed by atoms with van der Waals surface area (Å²) < 4.78 is 40.2. The molecule has 0 bridgehead atoms. The van der Waals surface area contributed by atoms with Crippen molar-refractivity contribution >= 4 is 27.8 Å². The van der Waals surface area contributed by atoms with Crippen molar-refractivity contribution in [3.8, 4) is 5.75 Å². The summed E-state index contributed by atoms with van der Waals surface area (Å²) in [6.07, 6.45) is 6.18. The van der Waals surface area contributed by atoms with Crippen molar-refractivity contribution < 1.29 is 32.6 Å². The predicted molar refractivity (Wildman–Crippen MR) is 151 cm³/mol. The van der Waals surface area contributed by atoms with Crippen molar-refractivity contribution in [3.63, 3.8) is 0 Å². The maximum Gasteiger partial charge on any atom is 0.405 e. The molecule has 1 aromatic carbocycles. The molecule has 3 fully saturated rings. The van der Waals surface area contributed by atoms with Gasteiger partial charge in [0, 0.05) is 38.8 Å². The van der Waals surface area contributed by atoms with Crippen LogP contribution < -0.4 is 20.1 Å². The Bertz CT molecular complexity index is 1400. The Kier molecular flexibility index (Phi) is 8.15. The molecule has 2 saturated carbocycles. The first-order valence-electron chi connectivity index (χ1n) is 14.2. The van der Waals surface area contributed by atoms with Gasteiger partial charge >= 0.3 is 6.09 Å². The van der Waals surface area contributed by atoms with E-state index in [4.69, 9.17) is 15.2 Å². The van der Waals surface area contributed by atoms with Crippen LogP contribution in [0.15, 0.2) is 41.4 Å². The molecule has 11 nitrogen and oxygen atoms in total. The van der Waals surface area contributed by atoms with E-state index < -0.39 is 33.2 Å². The van der Waals surface area contributed by atoms with Gasteiger partial charge in [0.2, 0.25) is 0 Å². The van der Waals surface area contributed by atoms with Gasteiger partial charge in [0.25, 0.3) is 15.9 Å². The number of nitrogens with zero attached hydrogens (tertiary/aromatic N) is 2. The topological polar surface area (TPSA) is 161 Å². The number of hydrogen-bond acceptors (Lipinski definition) is 9. The van der Waals surface area contributed by atoms with E-state index in [0.29, 0.717) is 56.3 Å². The number of primary amides is 1. The van der Waals surface area contributed by atoms with Gasteiger partial charge in [0.05, 0.1) is 6.61 Å². The number of nitrogens with one attached hydrogen (secondary N) is 1. The average Bonchev–Trinajstić information content (AvgIpc) is 3.74. The van der Waals surface area contributed by atoms with Crippen LogP contribution >= 0.6 is 0 Å². The minimum absolute atomic E-state index is 0.287. The minimum atomic E-state index is -4.28. The van der Waals surface area contributed by atoms with Crippen LogP contribution in [0.5, 0.6) is 5.75 Å². The molecule has 1 aliphatic heterocycles. The molecular weight excluding hydrogens is 548 g/mol. The number of rotatable bonds is 9. The summed E-state index contributed by atoms with van der Waals surface area (Å²) in [5, 5.41) is 9.46. The van der Waals surface area contributed by atoms with Crippen LogP contribution in [0.25, 0.3) is 0 Å². The number of carbonyl (C=O) groups is 2. The van der Waals surface area contributed by atoms with Crippen molar-refractivity contribution in [2.24, 2.45) is 5.73 Å². The third kappa shape index (κ3) is 6.43. The molecular formula is C29H38N4O7S. The summed E-state index contributed by atoms with van der Waals surface area (Å²) in [5.41, 5.74) is 4.94. The van der Waals surface area contributed by atoms with Crippen LogP contribution in [0, 0.1) is 6.92 Å². The third-order valence-electron chi connectivity index (χ3n) is 8.45. The van der Waals surface area contributed by atoms with Gasteiger partial charge in [-0.05, 0) is 55.0 Å². The molecule has 0 unspecified atom stereocenters. The molecule has 2 aromatic rings. The number of aromatic nitrogens is 1. The van der Waals surface area contributed by atoms with Gasteiger partial charge in [-0.2, -0.15) is 8.42 Å². The number of aliphatic hydroxyl groups excluding tert-OH is 1. The predicted octanol–water partition coefficient (Wildman–Crippen LogP) is 3.28.